The Morgan fingerprint density at radius 1 is 0.427 bits per heavy atom. The van der Waals surface area contributed by atoms with Crippen molar-refractivity contribution >= 4 is 17.8 Å². The zero-order valence-corrected chi connectivity index (χ0v) is 52.4. The minimum absolute atomic E-state index is 0.218. The van der Waals surface area contributed by atoms with E-state index in [9.17, 15) is 50.1 Å². The molecule has 82 heavy (non-hydrogen) atoms. The summed E-state index contributed by atoms with van der Waals surface area (Å²) in [5.74, 6) is -1.59. The lowest BCUT2D eigenvalue weighted by Crippen LogP contribution is -2.66. The number of nitrogens with one attached hydrogen (secondary N) is 2. The van der Waals surface area contributed by atoms with Gasteiger partial charge in [-0.3, -0.25) is 14.4 Å². The first-order chi connectivity index (χ1) is 39.9. The molecule has 0 spiro atoms. The number of hydrogen-bond acceptors (Lipinski definition) is 14. The topological polar surface area (TPSA) is 254 Å². The van der Waals surface area contributed by atoms with E-state index < -0.39 is 98.5 Å². The van der Waals surface area contributed by atoms with Gasteiger partial charge in [0.15, 0.2) is 12.6 Å². The second-order valence-corrected chi connectivity index (χ2v) is 24.7. The summed E-state index contributed by atoms with van der Waals surface area (Å²) in [5, 5.41) is 81.1. The number of aliphatic hydroxyl groups excluding tert-OH is 7. The molecule has 2 aliphatic heterocycles. The maximum atomic E-state index is 13.8. The highest BCUT2D eigenvalue weighted by Gasteiger charge is 2.48. The summed E-state index contributed by atoms with van der Waals surface area (Å²) >= 11 is 0. The number of ether oxygens (including phenoxy) is 4. The molecule has 0 bridgehead atoms. The van der Waals surface area contributed by atoms with Crippen molar-refractivity contribution in [1.82, 2.24) is 10.6 Å². The lowest BCUT2D eigenvalue weighted by Gasteiger charge is -2.44. The monoisotopic (exact) mass is 1170 g/mol. The van der Waals surface area contributed by atoms with E-state index in [1.807, 2.05) is 0 Å². The Balaban J connectivity index is 1.89. The van der Waals surface area contributed by atoms with Crippen LogP contribution in [0.15, 0.2) is 0 Å². The van der Waals surface area contributed by atoms with E-state index >= 15 is 0 Å². The Morgan fingerprint density at radius 3 is 1.21 bits per heavy atom. The van der Waals surface area contributed by atoms with Crippen molar-refractivity contribution in [3.63, 3.8) is 0 Å². The largest absolute Gasteiger partial charge is 0.462 e. The van der Waals surface area contributed by atoms with Crippen molar-refractivity contribution in [2.75, 3.05) is 13.2 Å². The molecule has 0 aromatic rings. The zero-order valence-electron chi connectivity index (χ0n) is 52.4. The second-order valence-electron chi connectivity index (χ2n) is 24.7. The highest BCUT2D eigenvalue weighted by molar-refractivity contribution is 5.78. The van der Waals surface area contributed by atoms with Crippen molar-refractivity contribution < 1.29 is 69.1 Å². The molecular weight excluding hydrogens is 1040 g/mol. The van der Waals surface area contributed by atoms with Gasteiger partial charge in [0.25, 0.3) is 0 Å². The number of aliphatic hydroxyl groups is 7. The minimum Gasteiger partial charge on any atom is -0.462 e. The van der Waals surface area contributed by atoms with E-state index in [0.717, 1.165) is 70.6 Å². The second kappa shape index (κ2) is 51.1. The molecular formula is C66H126N2O14. The van der Waals surface area contributed by atoms with Crippen LogP contribution in [-0.2, 0) is 33.3 Å². The van der Waals surface area contributed by atoms with E-state index in [0.29, 0.717) is 19.3 Å². The van der Waals surface area contributed by atoms with E-state index in [1.54, 1.807) is 0 Å². The molecule has 9 N–H and O–H groups in total. The molecule has 2 aliphatic rings. The Morgan fingerprint density at radius 2 is 0.780 bits per heavy atom. The van der Waals surface area contributed by atoms with Crippen LogP contribution in [0.4, 0.5) is 0 Å². The van der Waals surface area contributed by atoms with Gasteiger partial charge < -0.3 is 65.3 Å². The van der Waals surface area contributed by atoms with E-state index in [4.69, 9.17) is 18.9 Å². The number of rotatable bonds is 55. The molecule has 12 atom stereocenters. The summed E-state index contributed by atoms with van der Waals surface area (Å²) in [7, 11) is 0. The van der Waals surface area contributed by atoms with Crippen LogP contribution in [0.3, 0.4) is 0 Å². The van der Waals surface area contributed by atoms with Crippen LogP contribution in [0, 0.1) is 0 Å². The predicted octanol–water partition coefficient (Wildman–Crippen LogP) is 12.1. The van der Waals surface area contributed by atoms with Gasteiger partial charge in [-0.05, 0) is 25.7 Å². The molecule has 0 aromatic carbocycles. The van der Waals surface area contributed by atoms with Crippen LogP contribution >= 0.6 is 0 Å². The van der Waals surface area contributed by atoms with Gasteiger partial charge in [-0.2, -0.15) is 0 Å². The quantitative estimate of drug-likeness (QED) is 0.0203. The van der Waals surface area contributed by atoms with Gasteiger partial charge in [0, 0.05) is 6.42 Å². The van der Waals surface area contributed by atoms with Crippen molar-refractivity contribution in [2.45, 2.75) is 390 Å². The zero-order chi connectivity index (χ0) is 59.8. The molecule has 16 heteroatoms. The van der Waals surface area contributed by atoms with E-state index in [-0.39, 0.29) is 25.2 Å². The van der Waals surface area contributed by atoms with Gasteiger partial charge in [0.2, 0.25) is 11.8 Å². The summed E-state index contributed by atoms with van der Waals surface area (Å²) in [6, 6.07) is -2.83. The number of carbonyl (C=O) groups excluding carboxylic acids is 3. The van der Waals surface area contributed by atoms with Crippen LogP contribution < -0.4 is 10.6 Å². The van der Waals surface area contributed by atoms with Gasteiger partial charge in [0.05, 0.1) is 32.2 Å². The minimum atomic E-state index is -1.79. The molecule has 0 radical (unpaired) electrons. The van der Waals surface area contributed by atoms with Crippen molar-refractivity contribution in [2.24, 2.45) is 0 Å². The van der Waals surface area contributed by atoms with Crippen LogP contribution in [-0.4, -0.2) is 140 Å². The Bertz CT molecular complexity index is 1510. The SMILES string of the molecule is CCCCCCCCCCCCCCCCCC(=O)O[C@H](CCCCCCCCCCCCCCC)CC(=O)N[C@H]1[C@H](OC[C@H]2O[C@H](O)[C@H](NC(=O)C[C@H](O)CCCCCCCCCCCCCCC)[C@@H](O)[C@@H]2O)O[C@H](CO)[C@@H](O)[C@@H]1O. The summed E-state index contributed by atoms with van der Waals surface area (Å²) in [6.45, 7) is 5.47. The Labute approximate surface area is 498 Å². The fourth-order valence-electron chi connectivity index (χ4n) is 11.7. The highest BCUT2D eigenvalue weighted by Crippen LogP contribution is 2.27. The lowest BCUT2D eigenvalue weighted by atomic mass is 9.95. The fourth-order valence-corrected chi connectivity index (χ4v) is 11.7. The summed E-state index contributed by atoms with van der Waals surface area (Å²) in [6.07, 6.45) is 35.5. The van der Waals surface area contributed by atoms with E-state index in [1.165, 1.54) is 186 Å². The van der Waals surface area contributed by atoms with Crippen LogP contribution in [0.5, 0.6) is 0 Å². The fraction of sp³-hybridized carbons (Fsp3) is 0.955. The van der Waals surface area contributed by atoms with Crippen molar-refractivity contribution in [1.29, 1.82) is 0 Å². The average molecular weight is 1170 g/mol. The van der Waals surface area contributed by atoms with Crippen LogP contribution in [0.2, 0.25) is 0 Å². The maximum absolute atomic E-state index is 13.8. The van der Waals surface area contributed by atoms with Gasteiger partial charge in [0.1, 0.15) is 54.8 Å². The van der Waals surface area contributed by atoms with Gasteiger partial charge in [-0.15, -0.1) is 0 Å². The van der Waals surface area contributed by atoms with Crippen molar-refractivity contribution in [3.05, 3.63) is 0 Å². The number of carbonyl (C=O) groups is 3. The van der Waals surface area contributed by atoms with Crippen LogP contribution in [0.25, 0.3) is 0 Å². The Hall–Kier alpha value is -1.99. The van der Waals surface area contributed by atoms with Gasteiger partial charge in [-0.1, -0.05) is 271 Å². The number of unbranched alkanes of at least 4 members (excludes halogenated alkanes) is 38. The van der Waals surface area contributed by atoms with Crippen LogP contribution in [0.1, 0.15) is 316 Å². The number of esters is 1. The third kappa shape index (κ3) is 36.9. The third-order valence-corrected chi connectivity index (χ3v) is 17.1. The smallest absolute Gasteiger partial charge is 0.306 e. The molecule has 0 unspecified atom stereocenters. The van der Waals surface area contributed by atoms with Gasteiger partial charge in [-0.25, -0.2) is 0 Å². The molecule has 16 nitrogen and oxygen atoms in total. The molecule has 0 saturated carbocycles. The lowest BCUT2D eigenvalue weighted by molar-refractivity contribution is -0.298. The number of hydrogen-bond donors (Lipinski definition) is 9. The summed E-state index contributed by atoms with van der Waals surface area (Å²) in [4.78, 5) is 40.0. The molecule has 0 aromatic heterocycles. The first kappa shape index (κ1) is 76.1. The maximum Gasteiger partial charge on any atom is 0.306 e. The molecule has 2 rings (SSSR count). The van der Waals surface area contributed by atoms with E-state index in [2.05, 4.69) is 31.4 Å². The normalized spacial score (nSPS) is 23.6. The van der Waals surface area contributed by atoms with Gasteiger partial charge >= 0.3 is 5.97 Å². The molecule has 2 fully saturated rings. The number of amides is 2. The predicted molar refractivity (Wildman–Crippen MR) is 326 cm³/mol. The highest BCUT2D eigenvalue weighted by atomic mass is 16.7. The average Bonchev–Trinajstić information content (AvgIpc) is 3.63. The summed E-state index contributed by atoms with van der Waals surface area (Å²) < 4.78 is 23.3. The summed E-state index contributed by atoms with van der Waals surface area (Å²) in [5.41, 5.74) is 0. The Kier molecular flexibility index (Phi) is 47.4. The van der Waals surface area contributed by atoms with Crippen molar-refractivity contribution in [3.8, 4) is 0 Å². The third-order valence-electron chi connectivity index (χ3n) is 17.1. The first-order valence-electron chi connectivity index (χ1n) is 34.3. The standard InChI is InChI=1S/C66H126N2O14/c1-4-7-10-13-16-19-22-25-26-29-32-35-38-41-44-47-58(73)80-53(46-43-40-37-34-31-28-24-21-18-15-12-9-6-3)49-57(72)68-60-64(77)61(74)54(50-69)82-66(60)79-51-55-62(75)63(76)59(65(78)81-55)67-56(71)48-52(70)45-42-39-36-33-30-27-23-20-17-14-11-8-5-2/h52-55,59-66,69-70,74-78H,4-51H2,1-3H3,(H,67,71)(H,68,72)/t52-,53-,54-,55-,59-,60-,61-,62-,63-,64-,65+,66-/m1/s1. The first-order valence-corrected chi connectivity index (χ1v) is 34.3. The molecule has 2 amide bonds. The molecule has 0 aliphatic carbocycles. The molecule has 2 heterocycles. The molecule has 484 valence electrons. The molecule has 2 saturated heterocycles.